The molecule has 4 rings (SSSR count). The first-order valence-corrected chi connectivity index (χ1v) is 9.95. The van der Waals surface area contributed by atoms with Crippen LogP contribution in [0.3, 0.4) is 0 Å². The predicted octanol–water partition coefficient (Wildman–Crippen LogP) is 8.21. The fraction of sp³-hybridized carbons (Fsp3) is 0.0870. The van der Waals surface area contributed by atoms with Crippen LogP contribution < -0.4 is 0 Å². The van der Waals surface area contributed by atoms with Crippen LogP contribution in [-0.4, -0.2) is 9.78 Å². The molecule has 1 aromatic heterocycles. The number of hydrogen-bond acceptors (Lipinski definition) is 1. The molecule has 3 aromatic carbocycles. The van der Waals surface area contributed by atoms with Crippen LogP contribution in [0.2, 0.25) is 15.1 Å². The van der Waals surface area contributed by atoms with E-state index in [1.165, 1.54) is 0 Å². The van der Waals surface area contributed by atoms with Crippen molar-refractivity contribution in [3.05, 3.63) is 92.9 Å². The van der Waals surface area contributed by atoms with Gasteiger partial charge in [0.05, 0.1) is 16.4 Å². The van der Waals surface area contributed by atoms with Crippen LogP contribution >= 0.6 is 47.2 Å². The van der Waals surface area contributed by atoms with E-state index in [4.69, 9.17) is 39.9 Å². The summed E-state index contributed by atoms with van der Waals surface area (Å²) in [5.41, 5.74) is 6.51. The molecular formula is C23H18Cl4N2. The van der Waals surface area contributed by atoms with E-state index >= 15 is 0 Å². The molecule has 0 saturated carbocycles. The monoisotopic (exact) mass is 462 g/mol. The van der Waals surface area contributed by atoms with Gasteiger partial charge in [-0.15, -0.1) is 12.4 Å². The summed E-state index contributed by atoms with van der Waals surface area (Å²) < 4.78 is 1.81. The van der Waals surface area contributed by atoms with Gasteiger partial charge in [-0.3, -0.25) is 0 Å². The van der Waals surface area contributed by atoms with Gasteiger partial charge in [-0.2, -0.15) is 5.10 Å². The Morgan fingerprint density at radius 2 is 1.28 bits per heavy atom. The summed E-state index contributed by atoms with van der Waals surface area (Å²) >= 11 is 19.4. The number of rotatable bonds is 3. The van der Waals surface area contributed by atoms with Gasteiger partial charge in [-0.25, -0.2) is 4.68 Å². The third-order valence-electron chi connectivity index (χ3n) is 4.50. The summed E-state index contributed by atoms with van der Waals surface area (Å²) in [7, 11) is 0. The van der Waals surface area contributed by atoms with Gasteiger partial charge in [0, 0.05) is 21.2 Å². The molecule has 0 bridgehead atoms. The minimum absolute atomic E-state index is 0. The Morgan fingerprint density at radius 3 is 1.86 bits per heavy atom. The first-order chi connectivity index (χ1) is 13.4. The molecule has 0 radical (unpaired) electrons. The van der Waals surface area contributed by atoms with Gasteiger partial charge in [-0.05, 0) is 44.2 Å². The normalized spacial score (nSPS) is 10.7. The largest absolute Gasteiger partial charge is 0.231 e. The summed E-state index contributed by atoms with van der Waals surface area (Å²) in [4.78, 5) is 0. The summed E-state index contributed by atoms with van der Waals surface area (Å²) in [6.45, 7) is 4.10. The molecule has 0 aliphatic heterocycles. The molecule has 0 N–H and O–H groups in total. The van der Waals surface area contributed by atoms with Crippen molar-refractivity contribution in [3.8, 4) is 28.2 Å². The maximum absolute atomic E-state index is 6.88. The van der Waals surface area contributed by atoms with Crippen LogP contribution in [0.5, 0.6) is 0 Å². The lowest BCUT2D eigenvalue weighted by Crippen LogP contribution is -2.00. The zero-order valence-electron chi connectivity index (χ0n) is 15.8. The van der Waals surface area contributed by atoms with E-state index in [1.54, 1.807) is 6.07 Å². The number of aryl methyl sites for hydroxylation is 2. The standard InChI is InChI=1S/C23H17Cl3N2.ClH/c1-14-5-3-7-16(9-14)22-21(26)23(17-8-4-6-15(2)10-17)28(27-22)20-12-18(24)11-19(25)13-20;/h3-13H,1-2H3;1H. The maximum atomic E-state index is 6.88. The molecule has 0 unspecified atom stereocenters. The van der Waals surface area contributed by atoms with Gasteiger partial charge in [-0.1, -0.05) is 82.3 Å². The lowest BCUT2D eigenvalue weighted by Gasteiger charge is -2.10. The Bertz CT molecular complexity index is 1160. The second-order valence-corrected chi connectivity index (χ2v) is 8.04. The van der Waals surface area contributed by atoms with Crippen molar-refractivity contribution in [3.63, 3.8) is 0 Å². The fourth-order valence-corrected chi connectivity index (χ4v) is 4.12. The number of aromatic nitrogens is 2. The molecular weight excluding hydrogens is 446 g/mol. The van der Waals surface area contributed by atoms with Crippen molar-refractivity contribution in [2.75, 3.05) is 0 Å². The average Bonchev–Trinajstić information content (AvgIpc) is 2.98. The maximum Gasteiger partial charge on any atom is 0.112 e. The van der Waals surface area contributed by atoms with E-state index in [0.29, 0.717) is 15.1 Å². The average molecular weight is 464 g/mol. The van der Waals surface area contributed by atoms with E-state index < -0.39 is 0 Å². The summed E-state index contributed by atoms with van der Waals surface area (Å²) in [5.74, 6) is 0. The second-order valence-electron chi connectivity index (χ2n) is 6.79. The molecule has 148 valence electrons. The van der Waals surface area contributed by atoms with E-state index in [1.807, 2.05) is 54.1 Å². The van der Waals surface area contributed by atoms with E-state index in [0.717, 1.165) is 39.3 Å². The molecule has 0 spiro atoms. The highest BCUT2D eigenvalue weighted by molar-refractivity contribution is 6.36. The smallest absolute Gasteiger partial charge is 0.112 e. The Kier molecular flexibility index (Phi) is 6.60. The van der Waals surface area contributed by atoms with Crippen molar-refractivity contribution >= 4 is 47.2 Å². The highest BCUT2D eigenvalue weighted by Gasteiger charge is 2.21. The van der Waals surface area contributed by atoms with Crippen molar-refractivity contribution in [1.82, 2.24) is 9.78 Å². The molecule has 0 fully saturated rings. The number of hydrogen-bond donors (Lipinski definition) is 0. The first-order valence-electron chi connectivity index (χ1n) is 8.81. The first kappa shape index (κ1) is 21.7. The third kappa shape index (κ3) is 4.46. The lowest BCUT2D eigenvalue weighted by atomic mass is 10.1. The number of nitrogens with zero attached hydrogens (tertiary/aromatic N) is 2. The van der Waals surface area contributed by atoms with Crippen molar-refractivity contribution in [1.29, 1.82) is 0 Å². The molecule has 4 aromatic rings. The van der Waals surface area contributed by atoms with Crippen LogP contribution in [0.15, 0.2) is 66.7 Å². The topological polar surface area (TPSA) is 17.8 Å². The van der Waals surface area contributed by atoms with Crippen LogP contribution in [0, 0.1) is 13.8 Å². The van der Waals surface area contributed by atoms with E-state index in [9.17, 15) is 0 Å². The van der Waals surface area contributed by atoms with Gasteiger partial charge in [0.2, 0.25) is 0 Å². The second kappa shape index (κ2) is 8.81. The highest BCUT2D eigenvalue weighted by atomic mass is 35.5. The Balaban J connectivity index is 0.00000240. The summed E-state index contributed by atoms with van der Waals surface area (Å²) in [6, 6.07) is 21.7. The molecule has 0 saturated heterocycles. The predicted molar refractivity (Wildman–Crippen MR) is 126 cm³/mol. The summed E-state index contributed by atoms with van der Waals surface area (Å²) in [6.07, 6.45) is 0. The van der Waals surface area contributed by atoms with Gasteiger partial charge in [0.15, 0.2) is 0 Å². The quantitative estimate of drug-likeness (QED) is 0.299. The Morgan fingerprint density at radius 1 is 0.724 bits per heavy atom. The molecule has 29 heavy (non-hydrogen) atoms. The van der Waals surface area contributed by atoms with Crippen molar-refractivity contribution < 1.29 is 0 Å². The highest BCUT2D eigenvalue weighted by Crippen LogP contribution is 2.39. The van der Waals surface area contributed by atoms with Crippen LogP contribution in [0.25, 0.3) is 28.2 Å². The zero-order chi connectivity index (χ0) is 19.8. The van der Waals surface area contributed by atoms with Gasteiger partial charge in [0.1, 0.15) is 5.69 Å². The summed E-state index contributed by atoms with van der Waals surface area (Å²) in [5, 5.41) is 6.52. The van der Waals surface area contributed by atoms with E-state index in [2.05, 4.69) is 25.1 Å². The van der Waals surface area contributed by atoms with Crippen molar-refractivity contribution in [2.24, 2.45) is 0 Å². The zero-order valence-corrected chi connectivity index (χ0v) is 18.9. The molecule has 0 amide bonds. The molecule has 6 heteroatoms. The van der Waals surface area contributed by atoms with E-state index in [-0.39, 0.29) is 12.4 Å². The minimum Gasteiger partial charge on any atom is -0.231 e. The molecule has 0 atom stereocenters. The van der Waals surface area contributed by atoms with Crippen LogP contribution in [0.4, 0.5) is 0 Å². The van der Waals surface area contributed by atoms with Gasteiger partial charge < -0.3 is 0 Å². The van der Waals surface area contributed by atoms with Crippen LogP contribution in [-0.2, 0) is 0 Å². The number of halogens is 4. The van der Waals surface area contributed by atoms with Crippen LogP contribution in [0.1, 0.15) is 11.1 Å². The Labute approximate surface area is 191 Å². The minimum atomic E-state index is 0. The third-order valence-corrected chi connectivity index (χ3v) is 5.30. The SMILES string of the molecule is Cc1cccc(-c2nn(-c3cc(Cl)cc(Cl)c3)c(-c3cccc(C)c3)c2Cl)c1.Cl. The Hall–Kier alpha value is -1.97. The number of benzene rings is 3. The lowest BCUT2D eigenvalue weighted by molar-refractivity contribution is 0.892. The molecule has 2 nitrogen and oxygen atoms in total. The van der Waals surface area contributed by atoms with Crippen molar-refractivity contribution in [2.45, 2.75) is 13.8 Å². The molecule has 1 heterocycles. The van der Waals surface area contributed by atoms with Gasteiger partial charge in [0.25, 0.3) is 0 Å². The molecule has 0 aliphatic carbocycles. The fourth-order valence-electron chi connectivity index (χ4n) is 3.27. The van der Waals surface area contributed by atoms with Gasteiger partial charge >= 0.3 is 0 Å². The molecule has 0 aliphatic rings.